The van der Waals surface area contributed by atoms with Gasteiger partial charge in [-0.05, 0) is 67.1 Å². The summed E-state index contributed by atoms with van der Waals surface area (Å²) in [5.41, 5.74) is 1.19. The monoisotopic (exact) mass is 443 g/mol. The number of carbonyl (C=O) groups excluding carboxylic acids is 3. The Kier molecular flexibility index (Phi) is 6.03. The zero-order chi connectivity index (χ0) is 22.0. The molecule has 6 nitrogen and oxygen atoms in total. The molecule has 2 aliphatic rings. The van der Waals surface area contributed by atoms with Crippen LogP contribution in [0.4, 0.5) is 25.0 Å². The van der Waals surface area contributed by atoms with E-state index in [2.05, 4.69) is 10.2 Å². The van der Waals surface area contributed by atoms with Crippen molar-refractivity contribution < 1.29 is 23.2 Å². The van der Waals surface area contributed by atoms with Gasteiger partial charge in [0, 0.05) is 30.0 Å². The molecule has 0 aliphatic carbocycles. The van der Waals surface area contributed by atoms with Crippen LogP contribution in [-0.2, 0) is 9.59 Å². The molecule has 2 fully saturated rings. The lowest BCUT2D eigenvalue weighted by Crippen LogP contribution is -2.36. The van der Waals surface area contributed by atoms with Crippen molar-refractivity contribution in [2.24, 2.45) is 0 Å². The van der Waals surface area contributed by atoms with Crippen LogP contribution in [0.1, 0.15) is 18.4 Å². The molecule has 0 saturated carbocycles. The largest absolute Gasteiger partial charge is 0.371 e. The topological polar surface area (TPSA) is 69.7 Å². The fraction of sp³-hybridized carbons (Fsp3) is 0.227. The highest BCUT2D eigenvalue weighted by molar-refractivity contribution is 8.18. The second kappa shape index (κ2) is 8.89. The summed E-state index contributed by atoms with van der Waals surface area (Å²) < 4.78 is 27.8. The summed E-state index contributed by atoms with van der Waals surface area (Å²) in [5.74, 6) is -2.33. The lowest BCUT2D eigenvalue weighted by atomic mass is 10.1. The van der Waals surface area contributed by atoms with Gasteiger partial charge < -0.3 is 10.2 Å². The third-order valence-electron chi connectivity index (χ3n) is 5.03. The zero-order valence-electron chi connectivity index (χ0n) is 16.4. The summed E-state index contributed by atoms with van der Waals surface area (Å²) in [4.78, 5) is 39.9. The van der Waals surface area contributed by atoms with E-state index in [0.717, 1.165) is 42.6 Å². The first-order chi connectivity index (χ1) is 14.9. The number of halogens is 2. The number of imide groups is 1. The third kappa shape index (κ3) is 4.77. The molecule has 0 atom stereocenters. The van der Waals surface area contributed by atoms with Crippen LogP contribution in [0.3, 0.4) is 0 Å². The molecule has 9 heteroatoms. The van der Waals surface area contributed by atoms with Crippen LogP contribution in [0.25, 0.3) is 6.08 Å². The fourth-order valence-corrected chi connectivity index (χ4v) is 4.32. The van der Waals surface area contributed by atoms with E-state index in [-0.39, 0.29) is 16.2 Å². The van der Waals surface area contributed by atoms with Crippen molar-refractivity contribution in [1.82, 2.24) is 4.90 Å². The summed E-state index contributed by atoms with van der Waals surface area (Å²) >= 11 is 0.647. The molecule has 1 N–H and O–H groups in total. The van der Waals surface area contributed by atoms with Gasteiger partial charge in [0.05, 0.1) is 4.91 Å². The zero-order valence-corrected chi connectivity index (χ0v) is 17.3. The molecule has 3 amide bonds. The van der Waals surface area contributed by atoms with Crippen molar-refractivity contribution in [3.63, 3.8) is 0 Å². The highest BCUT2D eigenvalue weighted by atomic mass is 32.2. The highest BCUT2D eigenvalue weighted by Crippen LogP contribution is 2.33. The summed E-state index contributed by atoms with van der Waals surface area (Å²) in [6, 6.07) is 10.1. The lowest BCUT2D eigenvalue weighted by Gasteiger charge is -2.17. The molecule has 0 radical (unpaired) electrons. The summed E-state index contributed by atoms with van der Waals surface area (Å²) in [7, 11) is 0. The Balaban J connectivity index is 1.45. The molecule has 2 aromatic carbocycles. The standard InChI is InChI=1S/C22H19F2N3O3S/c23-15-4-3-5-16(11-15)25-20(28)13-27-21(29)19(31-22(27)30)10-14-6-7-17(12-18(14)24)26-8-1-2-9-26/h3-7,10-12H,1-2,8-9,13H2,(H,25,28)/b19-10+. The van der Waals surface area contributed by atoms with Crippen LogP contribution >= 0.6 is 11.8 Å². The van der Waals surface area contributed by atoms with Gasteiger partial charge in [-0.15, -0.1) is 0 Å². The minimum absolute atomic E-state index is 0.0383. The van der Waals surface area contributed by atoms with Gasteiger partial charge in [-0.1, -0.05) is 6.07 Å². The van der Waals surface area contributed by atoms with Gasteiger partial charge in [-0.25, -0.2) is 8.78 Å². The number of carbonyl (C=O) groups is 3. The van der Waals surface area contributed by atoms with Crippen LogP contribution in [0.15, 0.2) is 47.4 Å². The predicted octanol–water partition coefficient (Wildman–Crippen LogP) is 4.24. The van der Waals surface area contributed by atoms with Gasteiger partial charge in [-0.3, -0.25) is 19.3 Å². The lowest BCUT2D eigenvalue weighted by molar-refractivity contribution is -0.127. The Hall–Kier alpha value is -3.20. The number of nitrogens with zero attached hydrogens (tertiary/aromatic N) is 2. The summed E-state index contributed by atoms with van der Waals surface area (Å²) in [6.45, 7) is 1.25. The minimum Gasteiger partial charge on any atom is -0.371 e. The average Bonchev–Trinajstić information content (AvgIpc) is 3.34. The van der Waals surface area contributed by atoms with E-state index in [4.69, 9.17) is 0 Å². The van der Waals surface area contributed by atoms with Crippen LogP contribution in [0, 0.1) is 11.6 Å². The van der Waals surface area contributed by atoms with Gasteiger partial charge in [0.2, 0.25) is 5.91 Å². The number of nitrogens with one attached hydrogen (secondary N) is 1. The van der Waals surface area contributed by atoms with Crippen LogP contribution in [-0.4, -0.2) is 41.6 Å². The third-order valence-corrected chi connectivity index (χ3v) is 5.93. The van der Waals surface area contributed by atoms with Gasteiger partial charge in [-0.2, -0.15) is 0 Å². The molecule has 0 bridgehead atoms. The molecule has 2 aromatic rings. The molecule has 160 valence electrons. The van der Waals surface area contributed by atoms with E-state index in [9.17, 15) is 23.2 Å². The van der Waals surface area contributed by atoms with Crippen LogP contribution in [0.2, 0.25) is 0 Å². The smallest absolute Gasteiger partial charge is 0.294 e. The van der Waals surface area contributed by atoms with E-state index < -0.39 is 35.2 Å². The Bertz CT molecular complexity index is 1080. The van der Waals surface area contributed by atoms with Crippen molar-refractivity contribution in [3.05, 3.63) is 64.6 Å². The van der Waals surface area contributed by atoms with Gasteiger partial charge in [0.1, 0.15) is 18.2 Å². The van der Waals surface area contributed by atoms with Crippen LogP contribution < -0.4 is 10.2 Å². The van der Waals surface area contributed by atoms with Crippen molar-refractivity contribution >= 4 is 46.3 Å². The quantitative estimate of drug-likeness (QED) is 0.700. The maximum Gasteiger partial charge on any atom is 0.294 e. The average molecular weight is 443 g/mol. The normalized spacial score (nSPS) is 17.7. The van der Waals surface area contributed by atoms with Crippen molar-refractivity contribution in [2.75, 3.05) is 29.9 Å². The number of rotatable bonds is 5. The first-order valence-electron chi connectivity index (χ1n) is 9.76. The first-order valence-corrected chi connectivity index (χ1v) is 10.6. The van der Waals surface area contributed by atoms with Crippen molar-refractivity contribution in [1.29, 1.82) is 0 Å². The number of thioether (sulfide) groups is 1. The second-order valence-corrected chi connectivity index (χ2v) is 8.22. The number of hydrogen-bond donors (Lipinski definition) is 1. The SMILES string of the molecule is O=C(CN1C(=O)S/C(=C/c2ccc(N3CCCC3)cc2F)C1=O)Nc1cccc(F)c1. The maximum atomic E-state index is 14.6. The predicted molar refractivity (Wildman–Crippen MR) is 116 cm³/mol. The number of amides is 3. The van der Waals surface area contributed by atoms with Gasteiger partial charge >= 0.3 is 0 Å². The molecular weight excluding hydrogens is 424 g/mol. The molecule has 2 heterocycles. The van der Waals surface area contributed by atoms with E-state index >= 15 is 0 Å². The second-order valence-electron chi connectivity index (χ2n) is 7.23. The van der Waals surface area contributed by atoms with Crippen molar-refractivity contribution in [2.45, 2.75) is 12.8 Å². The summed E-state index contributed by atoms with van der Waals surface area (Å²) in [6.07, 6.45) is 3.46. The fourth-order valence-electron chi connectivity index (χ4n) is 3.49. The molecule has 2 saturated heterocycles. The Morgan fingerprint density at radius 2 is 1.87 bits per heavy atom. The molecule has 2 aliphatic heterocycles. The molecule has 0 unspecified atom stereocenters. The molecule has 31 heavy (non-hydrogen) atoms. The number of benzene rings is 2. The van der Waals surface area contributed by atoms with Crippen LogP contribution in [0.5, 0.6) is 0 Å². The number of anilines is 2. The molecule has 0 spiro atoms. The van der Waals surface area contributed by atoms with E-state index in [0.29, 0.717) is 11.8 Å². The van der Waals surface area contributed by atoms with E-state index in [1.54, 1.807) is 12.1 Å². The number of hydrogen-bond acceptors (Lipinski definition) is 5. The Labute approximate surface area is 181 Å². The molecular formula is C22H19F2N3O3S. The first kappa shape index (κ1) is 21.0. The Morgan fingerprint density at radius 1 is 1.10 bits per heavy atom. The summed E-state index contributed by atoms with van der Waals surface area (Å²) in [5, 5.41) is 1.81. The van der Waals surface area contributed by atoms with E-state index in [1.165, 1.54) is 30.3 Å². The van der Waals surface area contributed by atoms with Gasteiger partial charge in [0.15, 0.2) is 0 Å². The molecule has 4 rings (SSSR count). The van der Waals surface area contributed by atoms with Crippen molar-refractivity contribution in [3.8, 4) is 0 Å². The molecule has 0 aromatic heterocycles. The maximum absolute atomic E-state index is 14.6. The Morgan fingerprint density at radius 3 is 2.58 bits per heavy atom. The highest BCUT2D eigenvalue weighted by Gasteiger charge is 2.36. The van der Waals surface area contributed by atoms with Gasteiger partial charge in [0.25, 0.3) is 11.1 Å². The van der Waals surface area contributed by atoms with E-state index in [1.807, 2.05) is 0 Å². The minimum atomic E-state index is -0.674.